The van der Waals surface area contributed by atoms with Crippen molar-refractivity contribution >= 4 is 11.3 Å². The van der Waals surface area contributed by atoms with Crippen molar-refractivity contribution < 1.29 is 4.39 Å². The largest absolute Gasteiger partial charge is 0.307 e. The Morgan fingerprint density at radius 1 is 1.00 bits per heavy atom. The fourth-order valence-corrected chi connectivity index (χ4v) is 3.71. The molecule has 0 radical (unpaired) electrons. The maximum Gasteiger partial charge on any atom is 0.139 e. The Labute approximate surface area is 138 Å². The van der Waals surface area contributed by atoms with Crippen LogP contribution in [0.25, 0.3) is 11.3 Å². The molecule has 4 nitrogen and oxygen atoms in total. The van der Waals surface area contributed by atoms with Crippen molar-refractivity contribution in [2.45, 2.75) is 31.6 Å². The number of rotatable bonds is 2. The molecule has 0 aliphatic heterocycles. The topological polar surface area (TPSA) is 34.6 Å². The van der Waals surface area contributed by atoms with E-state index in [0.717, 1.165) is 29.9 Å². The number of aryl methyl sites for hydroxylation is 1. The molecule has 2 unspecified atom stereocenters. The third-order valence-electron chi connectivity index (χ3n) is 5.17. The number of hydrogen-bond donors (Lipinski definition) is 0. The van der Waals surface area contributed by atoms with Gasteiger partial charge in [-0.3, -0.25) is 0 Å². The first kappa shape index (κ1) is 13.7. The minimum Gasteiger partial charge on any atom is -0.307 e. The third kappa shape index (κ3) is 1.97. The van der Waals surface area contributed by atoms with Gasteiger partial charge in [0.05, 0.1) is 11.4 Å². The lowest BCUT2D eigenvalue weighted by atomic mass is 9.70. The van der Waals surface area contributed by atoms with Gasteiger partial charge >= 0.3 is 0 Å². The molecule has 1 saturated carbocycles. The molecular weight excluding hydrogens is 303 g/mol. The summed E-state index contributed by atoms with van der Waals surface area (Å²) < 4.78 is 17.4. The normalized spacial score (nSPS) is 20.6. The molecule has 2 atom stereocenters. The summed E-state index contributed by atoms with van der Waals surface area (Å²) in [5, 5.41) is 0. The van der Waals surface area contributed by atoms with E-state index in [1.54, 1.807) is 6.20 Å². The Morgan fingerprint density at radius 2 is 1.75 bits per heavy atom. The van der Waals surface area contributed by atoms with Gasteiger partial charge in [0.25, 0.3) is 0 Å². The van der Waals surface area contributed by atoms with Gasteiger partial charge in [-0.05, 0) is 37.5 Å². The van der Waals surface area contributed by atoms with Crippen LogP contribution in [0.15, 0.2) is 49.1 Å². The first-order valence-electron chi connectivity index (χ1n) is 8.27. The molecule has 1 aliphatic rings. The molecule has 0 saturated heterocycles. The van der Waals surface area contributed by atoms with E-state index in [9.17, 15) is 4.39 Å². The molecular formula is C19H17FN4. The molecule has 0 amide bonds. The number of nitrogens with zero attached hydrogens (tertiary/aromatic N) is 4. The van der Waals surface area contributed by atoms with Crippen LogP contribution < -0.4 is 0 Å². The summed E-state index contributed by atoms with van der Waals surface area (Å²) in [6, 6.07) is 7.07. The average Bonchev–Trinajstić information content (AvgIpc) is 3.10. The molecule has 0 bridgehead atoms. The average molecular weight is 320 g/mol. The number of fused-ring (bicyclic) bond motifs is 2. The van der Waals surface area contributed by atoms with Gasteiger partial charge in [0.15, 0.2) is 0 Å². The zero-order chi connectivity index (χ0) is 16.3. The number of aromatic nitrogens is 4. The zero-order valence-electron chi connectivity index (χ0n) is 13.4. The predicted molar refractivity (Wildman–Crippen MR) is 89.8 cm³/mol. The molecule has 1 fully saturated rings. The van der Waals surface area contributed by atoms with Crippen molar-refractivity contribution in [2.75, 3.05) is 0 Å². The minimum atomic E-state index is -0.249. The highest BCUT2D eigenvalue weighted by Crippen LogP contribution is 2.48. The minimum absolute atomic E-state index is 0.249. The second kappa shape index (κ2) is 4.90. The van der Waals surface area contributed by atoms with E-state index >= 15 is 0 Å². The molecule has 0 spiro atoms. The Kier molecular flexibility index (Phi) is 2.80. The van der Waals surface area contributed by atoms with Crippen LogP contribution in [0, 0.1) is 12.7 Å². The molecule has 120 valence electrons. The van der Waals surface area contributed by atoms with Gasteiger partial charge in [0, 0.05) is 42.7 Å². The van der Waals surface area contributed by atoms with E-state index < -0.39 is 0 Å². The number of pyridine rings is 2. The molecule has 4 aromatic rings. The Hall–Kier alpha value is -2.69. The molecule has 0 aromatic carbocycles. The summed E-state index contributed by atoms with van der Waals surface area (Å²) in [7, 11) is 0. The second-order valence-electron chi connectivity index (χ2n) is 6.65. The van der Waals surface area contributed by atoms with E-state index in [1.807, 2.05) is 22.9 Å². The molecule has 5 rings (SSSR count). The molecule has 0 N–H and O–H groups in total. The summed E-state index contributed by atoms with van der Waals surface area (Å²) >= 11 is 0. The number of hydrogen-bond acceptors (Lipinski definition) is 2. The lowest BCUT2D eigenvalue weighted by molar-refractivity contribution is 0.335. The Bertz CT molecular complexity index is 1060. The molecule has 4 heterocycles. The van der Waals surface area contributed by atoms with E-state index in [-0.39, 0.29) is 5.82 Å². The highest BCUT2D eigenvalue weighted by molar-refractivity contribution is 5.49. The highest BCUT2D eigenvalue weighted by Gasteiger charge is 2.36. The van der Waals surface area contributed by atoms with Gasteiger partial charge in [-0.2, -0.15) is 0 Å². The van der Waals surface area contributed by atoms with E-state index in [1.165, 1.54) is 17.7 Å². The van der Waals surface area contributed by atoms with Crippen LogP contribution in [-0.2, 0) is 0 Å². The zero-order valence-corrected chi connectivity index (χ0v) is 13.4. The lowest BCUT2D eigenvalue weighted by Crippen LogP contribution is -2.22. The van der Waals surface area contributed by atoms with Crippen LogP contribution in [0.3, 0.4) is 0 Å². The summed E-state index contributed by atoms with van der Waals surface area (Å²) in [5.41, 5.74) is 5.04. The first-order chi connectivity index (χ1) is 11.7. The number of imidazole rings is 2. The Morgan fingerprint density at radius 3 is 2.50 bits per heavy atom. The van der Waals surface area contributed by atoms with Gasteiger partial charge in [-0.15, -0.1) is 0 Å². The van der Waals surface area contributed by atoms with Crippen LogP contribution in [0.5, 0.6) is 0 Å². The molecule has 5 heteroatoms. The Balaban J connectivity index is 1.53. The van der Waals surface area contributed by atoms with E-state index in [2.05, 4.69) is 28.6 Å². The standard InChI is InChI=1S/C19H17FN4/c1-12-3-2-7-24-11-17(22-19(12)24)15-5-4-14(15)16-10-23-8-6-13(20)9-18(23)21-16/h2-3,6-11,14-15H,4-5H2,1H3. The fourth-order valence-electron chi connectivity index (χ4n) is 3.71. The fraction of sp³-hybridized carbons (Fsp3) is 0.263. The van der Waals surface area contributed by atoms with Gasteiger partial charge in [0.2, 0.25) is 0 Å². The number of halogens is 1. The third-order valence-corrected chi connectivity index (χ3v) is 5.17. The molecule has 24 heavy (non-hydrogen) atoms. The lowest BCUT2D eigenvalue weighted by Gasteiger charge is -2.34. The second-order valence-corrected chi connectivity index (χ2v) is 6.65. The predicted octanol–water partition coefficient (Wildman–Crippen LogP) is 4.09. The SMILES string of the molecule is Cc1cccn2cc(C3CCC3c3cn4ccc(F)cc4n3)nc12. The van der Waals surface area contributed by atoms with Crippen LogP contribution >= 0.6 is 0 Å². The quantitative estimate of drug-likeness (QED) is 0.557. The van der Waals surface area contributed by atoms with Crippen molar-refractivity contribution in [2.24, 2.45) is 0 Å². The van der Waals surface area contributed by atoms with Crippen LogP contribution in [0.4, 0.5) is 4.39 Å². The van der Waals surface area contributed by atoms with Crippen molar-refractivity contribution in [3.63, 3.8) is 0 Å². The molecule has 1 aliphatic carbocycles. The summed E-state index contributed by atoms with van der Waals surface area (Å²) in [6.45, 7) is 2.08. The highest BCUT2D eigenvalue weighted by atomic mass is 19.1. The smallest absolute Gasteiger partial charge is 0.139 e. The van der Waals surface area contributed by atoms with Crippen molar-refractivity contribution in [1.29, 1.82) is 0 Å². The van der Waals surface area contributed by atoms with Crippen LogP contribution in [-0.4, -0.2) is 18.8 Å². The first-order valence-corrected chi connectivity index (χ1v) is 8.27. The monoisotopic (exact) mass is 320 g/mol. The van der Waals surface area contributed by atoms with Crippen molar-refractivity contribution in [3.05, 3.63) is 71.8 Å². The van der Waals surface area contributed by atoms with Crippen LogP contribution in [0.1, 0.15) is 41.6 Å². The van der Waals surface area contributed by atoms with Gasteiger partial charge < -0.3 is 8.80 Å². The van der Waals surface area contributed by atoms with Crippen molar-refractivity contribution in [1.82, 2.24) is 18.8 Å². The summed E-state index contributed by atoms with van der Waals surface area (Å²) in [6.07, 6.45) is 10.1. The van der Waals surface area contributed by atoms with Crippen molar-refractivity contribution in [3.8, 4) is 0 Å². The molecule has 4 aromatic heterocycles. The van der Waals surface area contributed by atoms with E-state index in [0.29, 0.717) is 17.5 Å². The van der Waals surface area contributed by atoms with Gasteiger partial charge in [0.1, 0.15) is 17.1 Å². The van der Waals surface area contributed by atoms with Gasteiger partial charge in [-0.1, -0.05) is 6.07 Å². The maximum atomic E-state index is 13.4. The summed E-state index contributed by atoms with van der Waals surface area (Å²) in [4.78, 5) is 9.48. The van der Waals surface area contributed by atoms with Gasteiger partial charge in [-0.25, -0.2) is 14.4 Å². The maximum absolute atomic E-state index is 13.4. The van der Waals surface area contributed by atoms with Crippen LogP contribution in [0.2, 0.25) is 0 Å². The van der Waals surface area contributed by atoms with E-state index in [4.69, 9.17) is 4.98 Å². The summed E-state index contributed by atoms with van der Waals surface area (Å²) in [5.74, 6) is 0.498.